The predicted molar refractivity (Wildman–Crippen MR) is 89.4 cm³/mol. The molecule has 24 heavy (non-hydrogen) atoms. The Hall–Kier alpha value is -3.02. The summed E-state index contributed by atoms with van der Waals surface area (Å²) in [4.78, 5) is 0. The highest BCUT2D eigenvalue weighted by atomic mass is 16.6. The molecule has 0 bridgehead atoms. The van der Waals surface area contributed by atoms with Gasteiger partial charge >= 0.3 is 0 Å². The van der Waals surface area contributed by atoms with Crippen molar-refractivity contribution < 1.29 is 13.9 Å². The van der Waals surface area contributed by atoms with Gasteiger partial charge in [-0.1, -0.05) is 18.2 Å². The summed E-state index contributed by atoms with van der Waals surface area (Å²) < 4.78 is 16.8. The average Bonchev–Trinajstić information content (AvgIpc) is 3.11. The molecule has 1 N–H and O–H groups in total. The lowest BCUT2D eigenvalue weighted by Gasteiger charge is -2.19. The quantitative estimate of drug-likeness (QED) is 0.778. The van der Waals surface area contributed by atoms with Gasteiger partial charge in [0.05, 0.1) is 0 Å². The first-order valence-corrected chi connectivity index (χ1v) is 7.90. The number of hydrogen-bond donors (Lipinski definition) is 1. The normalized spacial score (nSPS) is 12.8. The standard InChI is InChI=1S/C18H17N3O3/c1-2-4-13(5-3-1)18-21-20-17(24-18)8-9-19-14-6-7-15-16(12-14)23-11-10-22-15/h1-7,12,19H,8-11H2. The molecule has 0 atom stereocenters. The fourth-order valence-electron chi connectivity index (χ4n) is 2.52. The smallest absolute Gasteiger partial charge is 0.247 e. The van der Waals surface area contributed by atoms with E-state index >= 15 is 0 Å². The van der Waals surface area contributed by atoms with Crippen molar-refractivity contribution in [3.63, 3.8) is 0 Å². The monoisotopic (exact) mass is 323 g/mol. The Labute approximate surface area is 139 Å². The van der Waals surface area contributed by atoms with Gasteiger partial charge in [0.2, 0.25) is 11.8 Å². The van der Waals surface area contributed by atoms with Gasteiger partial charge in [0.1, 0.15) is 13.2 Å². The van der Waals surface area contributed by atoms with Crippen LogP contribution in [0.3, 0.4) is 0 Å². The van der Waals surface area contributed by atoms with Crippen LogP contribution in [0.2, 0.25) is 0 Å². The van der Waals surface area contributed by atoms with Crippen molar-refractivity contribution in [3.8, 4) is 23.0 Å². The molecule has 0 spiro atoms. The van der Waals surface area contributed by atoms with Gasteiger partial charge in [0.15, 0.2) is 11.5 Å². The number of ether oxygens (including phenoxy) is 2. The molecule has 6 heteroatoms. The summed E-state index contributed by atoms with van der Waals surface area (Å²) in [5.74, 6) is 2.72. The third-order valence-electron chi connectivity index (χ3n) is 3.70. The van der Waals surface area contributed by atoms with Crippen LogP contribution in [-0.2, 0) is 6.42 Å². The second kappa shape index (κ2) is 6.62. The second-order valence-corrected chi connectivity index (χ2v) is 5.40. The van der Waals surface area contributed by atoms with Crippen molar-refractivity contribution in [2.45, 2.75) is 6.42 Å². The topological polar surface area (TPSA) is 69.4 Å². The maximum Gasteiger partial charge on any atom is 0.247 e. The summed E-state index contributed by atoms with van der Waals surface area (Å²) in [5, 5.41) is 11.5. The molecule has 6 nitrogen and oxygen atoms in total. The number of aromatic nitrogens is 2. The van der Waals surface area contributed by atoms with Gasteiger partial charge in [-0.05, 0) is 24.3 Å². The molecule has 1 aromatic heterocycles. The van der Waals surface area contributed by atoms with Crippen molar-refractivity contribution >= 4 is 5.69 Å². The van der Waals surface area contributed by atoms with Crippen molar-refractivity contribution in [2.24, 2.45) is 0 Å². The fourth-order valence-corrected chi connectivity index (χ4v) is 2.52. The van der Waals surface area contributed by atoms with Crippen LogP contribution in [0.15, 0.2) is 52.9 Å². The van der Waals surface area contributed by atoms with Crippen molar-refractivity contribution in [1.82, 2.24) is 10.2 Å². The van der Waals surface area contributed by atoms with Gasteiger partial charge in [0.25, 0.3) is 0 Å². The molecular weight excluding hydrogens is 306 g/mol. The first-order chi connectivity index (χ1) is 11.9. The van der Waals surface area contributed by atoms with Gasteiger partial charge < -0.3 is 19.2 Å². The number of benzene rings is 2. The molecule has 0 unspecified atom stereocenters. The van der Waals surface area contributed by atoms with Crippen LogP contribution in [0.4, 0.5) is 5.69 Å². The van der Waals surface area contributed by atoms with Crippen LogP contribution in [0, 0.1) is 0 Å². The highest BCUT2D eigenvalue weighted by molar-refractivity contribution is 5.55. The summed E-state index contributed by atoms with van der Waals surface area (Å²) in [7, 11) is 0. The summed E-state index contributed by atoms with van der Waals surface area (Å²) in [6, 6.07) is 15.6. The lowest BCUT2D eigenvalue weighted by Crippen LogP contribution is -2.15. The largest absolute Gasteiger partial charge is 0.486 e. The van der Waals surface area contributed by atoms with Gasteiger partial charge in [0, 0.05) is 30.3 Å². The third-order valence-corrected chi connectivity index (χ3v) is 3.70. The van der Waals surface area contributed by atoms with Crippen molar-refractivity contribution in [2.75, 3.05) is 25.1 Å². The first kappa shape index (κ1) is 14.6. The Balaban J connectivity index is 1.35. The molecule has 2 aromatic carbocycles. The Morgan fingerprint density at radius 2 is 1.75 bits per heavy atom. The van der Waals surface area contributed by atoms with Crippen LogP contribution in [0.25, 0.3) is 11.5 Å². The lowest BCUT2D eigenvalue weighted by molar-refractivity contribution is 0.171. The Morgan fingerprint density at radius 1 is 0.917 bits per heavy atom. The molecular formula is C18H17N3O3. The van der Waals surface area contributed by atoms with E-state index in [1.165, 1.54) is 0 Å². The minimum absolute atomic E-state index is 0.546. The van der Waals surface area contributed by atoms with Crippen LogP contribution in [0.5, 0.6) is 11.5 Å². The zero-order chi connectivity index (χ0) is 16.2. The molecule has 0 saturated heterocycles. The third kappa shape index (κ3) is 3.17. The lowest BCUT2D eigenvalue weighted by atomic mass is 10.2. The van der Waals surface area contributed by atoms with Crippen molar-refractivity contribution in [1.29, 1.82) is 0 Å². The van der Waals surface area contributed by atoms with Gasteiger partial charge in [-0.3, -0.25) is 0 Å². The SMILES string of the molecule is c1ccc(-c2nnc(CCNc3ccc4c(c3)OCCO4)o2)cc1. The molecule has 4 rings (SSSR count). The number of nitrogens with zero attached hydrogens (tertiary/aromatic N) is 2. The molecule has 0 saturated carbocycles. The highest BCUT2D eigenvalue weighted by Gasteiger charge is 2.12. The fraction of sp³-hybridized carbons (Fsp3) is 0.222. The Morgan fingerprint density at radius 3 is 2.62 bits per heavy atom. The van der Waals surface area contributed by atoms with Crippen LogP contribution >= 0.6 is 0 Å². The maximum atomic E-state index is 5.69. The second-order valence-electron chi connectivity index (χ2n) is 5.40. The molecule has 0 radical (unpaired) electrons. The van der Waals surface area contributed by atoms with Crippen molar-refractivity contribution in [3.05, 3.63) is 54.4 Å². The molecule has 2 heterocycles. The van der Waals surface area contributed by atoms with E-state index in [0.717, 1.165) is 22.7 Å². The average molecular weight is 323 g/mol. The zero-order valence-electron chi connectivity index (χ0n) is 13.1. The van der Waals surface area contributed by atoms with Gasteiger partial charge in [-0.25, -0.2) is 0 Å². The maximum absolute atomic E-state index is 5.69. The van der Waals surface area contributed by atoms with Gasteiger partial charge in [-0.2, -0.15) is 0 Å². The number of anilines is 1. The van der Waals surface area contributed by atoms with E-state index in [0.29, 0.717) is 38.0 Å². The van der Waals surface area contributed by atoms with E-state index in [1.807, 2.05) is 48.5 Å². The number of hydrogen-bond acceptors (Lipinski definition) is 6. The zero-order valence-corrected chi connectivity index (χ0v) is 13.1. The van der Waals surface area contributed by atoms with E-state index in [2.05, 4.69) is 15.5 Å². The molecule has 0 fully saturated rings. The van der Waals surface area contributed by atoms with E-state index in [-0.39, 0.29) is 0 Å². The van der Waals surface area contributed by atoms with Crippen LogP contribution < -0.4 is 14.8 Å². The summed E-state index contributed by atoms with van der Waals surface area (Å²) in [5.41, 5.74) is 1.90. The van der Waals surface area contributed by atoms with E-state index in [4.69, 9.17) is 13.9 Å². The van der Waals surface area contributed by atoms with Crippen LogP contribution in [0.1, 0.15) is 5.89 Å². The number of fused-ring (bicyclic) bond motifs is 1. The predicted octanol–water partition coefficient (Wildman–Crippen LogP) is 3.16. The molecule has 1 aliphatic heterocycles. The molecule has 0 amide bonds. The van der Waals surface area contributed by atoms with E-state index in [1.54, 1.807) is 0 Å². The summed E-state index contributed by atoms with van der Waals surface area (Å²) in [6.07, 6.45) is 0.647. The number of nitrogens with one attached hydrogen (secondary N) is 1. The summed E-state index contributed by atoms with van der Waals surface area (Å²) in [6.45, 7) is 1.87. The first-order valence-electron chi connectivity index (χ1n) is 7.90. The number of rotatable bonds is 5. The highest BCUT2D eigenvalue weighted by Crippen LogP contribution is 2.32. The molecule has 1 aliphatic rings. The molecule has 3 aromatic rings. The Bertz CT molecular complexity index is 817. The molecule has 0 aliphatic carbocycles. The van der Waals surface area contributed by atoms with Gasteiger partial charge in [-0.15, -0.1) is 10.2 Å². The summed E-state index contributed by atoms with van der Waals surface area (Å²) >= 11 is 0. The minimum Gasteiger partial charge on any atom is -0.486 e. The Kier molecular flexibility index (Phi) is 4.02. The van der Waals surface area contributed by atoms with Crippen LogP contribution in [-0.4, -0.2) is 30.0 Å². The molecule has 122 valence electrons. The van der Waals surface area contributed by atoms with E-state index < -0.39 is 0 Å². The van der Waals surface area contributed by atoms with E-state index in [9.17, 15) is 0 Å². The minimum atomic E-state index is 0.546.